The van der Waals surface area contributed by atoms with Crippen molar-refractivity contribution >= 4 is 5.82 Å². The summed E-state index contributed by atoms with van der Waals surface area (Å²) in [6.07, 6.45) is 1.46. The number of anilines is 1. The van der Waals surface area contributed by atoms with Gasteiger partial charge in [-0.1, -0.05) is 12.1 Å². The van der Waals surface area contributed by atoms with Gasteiger partial charge in [-0.2, -0.15) is 4.98 Å². The summed E-state index contributed by atoms with van der Waals surface area (Å²) in [6.45, 7) is 6.75. The van der Waals surface area contributed by atoms with Gasteiger partial charge in [0.05, 0.1) is 7.11 Å². The lowest BCUT2D eigenvalue weighted by Gasteiger charge is -2.14. The fourth-order valence-electron chi connectivity index (χ4n) is 1.83. The minimum absolute atomic E-state index is 0.409. The number of nitrogens with zero attached hydrogens (tertiary/aromatic N) is 2. The SMILES string of the molecule is CCNc1ncnc(Oc2cc(C)ccc2C)c1OC. The molecule has 0 unspecified atom stereocenters. The lowest BCUT2D eigenvalue weighted by Crippen LogP contribution is -2.04. The molecule has 0 radical (unpaired) electrons. The van der Waals surface area contributed by atoms with Crippen LogP contribution in [0.15, 0.2) is 24.5 Å². The molecule has 0 fully saturated rings. The van der Waals surface area contributed by atoms with Gasteiger partial charge < -0.3 is 14.8 Å². The number of methoxy groups -OCH3 is 1. The van der Waals surface area contributed by atoms with Crippen molar-refractivity contribution in [3.63, 3.8) is 0 Å². The summed E-state index contributed by atoms with van der Waals surface area (Å²) in [6, 6.07) is 6.04. The third-order valence-electron chi connectivity index (χ3n) is 2.87. The Morgan fingerprint density at radius 2 is 2.00 bits per heavy atom. The topological polar surface area (TPSA) is 56.3 Å². The molecule has 0 aliphatic carbocycles. The molecule has 1 N–H and O–H groups in total. The maximum absolute atomic E-state index is 5.88. The standard InChI is InChI=1S/C15H19N3O2/c1-5-16-14-13(19-4)15(18-9-17-14)20-12-8-10(2)6-7-11(12)3/h6-9H,5H2,1-4H3,(H,16,17,18). The van der Waals surface area contributed by atoms with E-state index in [1.165, 1.54) is 6.33 Å². The van der Waals surface area contributed by atoms with E-state index in [0.29, 0.717) is 17.4 Å². The molecule has 2 aromatic rings. The zero-order valence-electron chi connectivity index (χ0n) is 12.2. The van der Waals surface area contributed by atoms with E-state index in [-0.39, 0.29) is 0 Å². The predicted octanol–water partition coefficient (Wildman–Crippen LogP) is 3.33. The van der Waals surface area contributed by atoms with E-state index >= 15 is 0 Å². The molecule has 5 heteroatoms. The van der Waals surface area contributed by atoms with Crippen LogP contribution in [0.25, 0.3) is 0 Å². The number of hydrogen-bond acceptors (Lipinski definition) is 5. The maximum Gasteiger partial charge on any atom is 0.268 e. The van der Waals surface area contributed by atoms with E-state index < -0.39 is 0 Å². The number of aryl methyl sites for hydroxylation is 2. The largest absolute Gasteiger partial charge is 0.489 e. The average Bonchev–Trinajstić information content (AvgIpc) is 2.43. The van der Waals surface area contributed by atoms with Gasteiger partial charge in [-0.15, -0.1) is 0 Å². The molecule has 0 bridgehead atoms. The second-order valence-corrected chi connectivity index (χ2v) is 4.46. The predicted molar refractivity (Wildman–Crippen MR) is 78.7 cm³/mol. The van der Waals surface area contributed by atoms with Gasteiger partial charge in [0.15, 0.2) is 5.82 Å². The Balaban J connectivity index is 2.37. The molecular weight excluding hydrogens is 254 g/mol. The highest BCUT2D eigenvalue weighted by Gasteiger charge is 2.14. The van der Waals surface area contributed by atoms with Crippen LogP contribution in [0.1, 0.15) is 18.1 Å². The second kappa shape index (κ2) is 6.23. The number of aromatic nitrogens is 2. The Morgan fingerprint density at radius 3 is 2.70 bits per heavy atom. The summed E-state index contributed by atoms with van der Waals surface area (Å²) in [4.78, 5) is 8.31. The highest BCUT2D eigenvalue weighted by Crippen LogP contribution is 2.35. The Hall–Kier alpha value is -2.30. The van der Waals surface area contributed by atoms with Crippen molar-refractivity contribution in [3.8, 4) is 17.4 Å². The molecule has 1 heterocycles. The van der Waals surface area contributed by atoms with Crippen LogP contribution in [0.2, 0.25) is 0 Å². The minimum atomic E-state index is 0.409. The molecule has 0 aliphatic heterocycles. The summed E-state index contributed by atoms with van der Waals surface area (Å²) in [7, 11) is 1.58. The van der Waals surface area contributed by atoms with Crippen LogP contribution in [-0.4, -0.2) is 23.6 Å². The number of benzene rings is 1. The van der Waals surface area contributed by atoms with Gasteiger partial charge in [0, 0.05) is 6.54 Å². The van der Waals surface area contributed by atoms with Crippen LogP contribution in [0, 0.1) is 13.8 Å². The fourth-order valence-corrected chi connectivity index (χ4v) is 1.83. The smallest absolute Gasteiger partial charge is 0.268 e. The van der Waals surface area contributed by atoms with Crippen molar-refractivity contribution < 1.29 is 9.47 Å². The summed E-state index contributed by atoms with van der Waals surface area (Å²) in [5, 5.41) is 3.12. The van der Waals surface area contributed by atoms with Crippen molar-refractivity contribution in [2.24, 2.45) is 0 Å². The van der Waals surface area contributed by atoms with Gasteiger partial charge in [0.25, 0.3) is 5.88 Å². The first-order chi connectivity index (χ1) is 9.65. The lowest BCUT2D eigenvalue weighted by molar-refractivity contribution is 0.368. The van der Waals surface area contributed by atoms with Crippen molar-refractivity contribution in [3.05, 3.63) is 35.7 Å². The van der Waals surface area contributed by atoms with Crippen molar-refractivity contribution in [2.45, 2.75) is 20.8 Å². The van der Waals surface area contributed by atoms with Gasteiger partial charge in [-0.25, -0.2) is 4.98 Å². The molecule has 0 aliphatic rings. The van der Waals surface area contributed by atoms with Crippen LogP contribution in [0.3, 0.4) is 0 Å². The normalized spacial score (nSPS) is 10.2. The molecule has 106 valence electrons. The second-order valence-electron chi connectivity index (χ2n) is 4.46. The summed E-state index contributed by atoms with van der Waals surface area (Å²) in [5.41, 5.74) is 2.17. The molecule has 0 spiro atoms. The first-order valence-electron chi connectivity index (χ1n) is 6.53. The first-order valence-corrected chi connectivity index (χ1v) is 6.53. The van der Waals surface area contributed by atoms with Crippen molar-refractivity contribution in [1.29, 1.82) is 0 Å². The van der Waals surface area contributed by atoms with Gasteiger partial charge in [0.2, 0.25) is 5.75 Å². The molecule has 0 amide bonds. The van der Waals surface area contributed by atoms with E-state index in [9.17, 15) is 0 Å². The molecular formula is C15H19N3O2. The van der Waals surface area contributed by atoms with Crippen LogP contribution in [-0.2, 0) is 0 Å². The Labute approximate surface area is 119 Å². The number of hydrogen-bond donors (Lipinski definition) is 1. The molecule has 0 saturated carbocycles. The zero-order valence-corrected chi connectivity index (χ0v) is 12.2. The van der Waals surface area contributed by atoms with Crippen molar-refractivity contribution in [2.75, 3.05) is 19.0 Å². The molecule has 20 heavy (non-hydrogen) atoms. The molecule has 0 saturated heterocycles. The quantitative estimate of drug-likeness (QED) is 0.905. The molecule has 5 nitrogen and oxygen atoms in total. The van der Waals surface area contributed by atoms with E-state index in [1.807, 2.05) is 39.0 Å². The Bertz CT molecular complexity index is 600. The lowest BCUT2D eigenvalue weighted by atomic mass is 10.1. The highest BCUT2D eigenvalue weighted by molar-refractivity contribution is 5.56. The zero-order chi connectivity index (χ0) is 14.5. The van der Waals surface area contributed by atoms with Crippen LogP contribution < -0.4 is 14.8 Å². The van der Waals surface area contributed by atoms with Gasteiger partial charge in [-0.05, 0) is 38.0 Å². The third-order valence-corrected chi connectivity index (χ3v) is 2.87. The number of ether oxygens (including phenoxy) is 2. The highest BCUT2D eigenvalue weighted by atomic mass is 16.5. The van der Waals surface area contributed by atoms with Gasteiger partial charge in [0.1, 0.15) is 12.1 Å². The molecule has 1 aromatic heterocycles. The van der Waals surface area contributed by atoms with Crippen LogP contribution >= 0.6 is 0 Å². The molecule has 1 aromatic carbocycles. The Kier molecular flexibility index (Phi) is 4.40. The minimum Gasteiger partial charge on any atom is -0.489 e. The van der Waals surface area contributed by atoms with Gasteiger partial charge >= 0.3 is 0 Å². The number of rotatable bonds is 5. The summed E-state index contributed by atoms with van der Waals surface area (Å²) in [5.74, 6) is 2.32. The fraction of sp³-hybridized carbons (Fsp3) is 0.333. The van der Waals surface area contributed by atoms with E-state index in [1.54, 1.807) is 7.11 Å². The van der Waals surface area contributed by atoms with E-state index in [2.05, 4.69) is 15.3 Å². The molecule has 2 rings (SSSR count). The van der Waals surface area contributed by atoms with Crippen LogP contribution in [0.4, 0.5) is 5.82 Å². The summed E-state index contributed by atoms with van der Waals surface area (Å²) < 4.78 is 11.2. The summed E-state index contributed by atoms with van der Waals surface area (Å²) >= 11 is 0. The van der Waals surface area contributed by atoms with E-state index in [0.717, 1.165) is 23.4 Å². The van der Waals surface area contributed by atoms with E-state index in [4.69, 9.17) is 9.47 Å². The maximum atomic E-state index is 5.88. The monoisotopic (exact) mass is 273 g/mol. The third kappa shape index (κ3) is 2.99. The molecule has 0 atom stereocenters. The van der Waals surface area contributed by atoms with Gasteiger partial charge in [-0.3, -0.25) is 0 Å². The number of nitrogens with one attached hydrogen (secondary N) is 1. The average molecular weight is 273 g/mol. The van der Waals surface area contributed by atoms with Crippen molar-refractivity contribution in [1.82, 2.24) is 9.97 Å². The van der Waals surface area contributed by atoms with Crippen LogP contribution in [0.5, 0.6) is 17.4 Å². The Morgan fingerprint density at radius 1 is 1.20 bits per heavy atom. The first kappa shape index (κ1) is 14.1.